The van der Waals surface area contributed by atoms with E-state index < -0.39 is 0 Å². The molecule has 0 aliphatic rings. The first-order chi connectivity index (χ1) is 6.42. The van der Waals surface area contributed by atoms with Gasteiger partial charge in [0.25, 0.3) is 0 Å². The van der Waals surface area contributed by atoms with E-state index in [1.807, 2.05) is 11.3 Å². The largest absolute Gasteiger partial charge is 0.144 e. The van der Waals surface area contributed by atoms with Crippen molar-refractivity contribution in [2.75, 3.05) is 5.33 Å². The summed E-state index contributed by atoms with van der Waals surface area (Å²) in [5, 5.41) is 4.82. The Morgan fingerprint density at radius 2 is 2.08 bits per heavy atom. The SMILES string of the molecule is BrCCCc1csc2ccccc12. The Balaban J connectivity index is 2.35. The van der Waals surface area contributed by atoms with Gasteiger partial charge in [-0.05, 0) is 35.2 Å². The minimum atomic E-state index is 1.09. The standard InChI is InChI=1S/C11H11BrS/c12-7-3-4-9-8-13-11-6-2-1-5-10(9)11/h1-2,5-6,8H,3-4,7H2. The van der Waals surface area contributed by atoms with Gasteiger partial charge in [-0.1, -0.05) is 34.1 Å². The molecule has 0 aliphatic carbocycles. The third-order valence-electron chi connectivity index (χ3n) is 2.14. The van der Waals surface area contributed by atoms with Crippen molar-refractivity contribution in [3.8, 4) is 0 Å². The van der Waals surface area contributed by atoms with Gasteiger partial charge in [-0.3, -0.25) is 0 Å². The molecule has 1 heterocycles. The molecule has 0 atom stereocenters. The number of alkyl halides is 1. The molecule has 0 fully saturated rings. The predicted molar refractivity (Wildman–Crippen MR) is 63.9 cm³/mol. The van der Waals surface area contributed by atoms with Crippen LogP contribution in [0.3, 0.4) is 0 Å². The van der Waals surface area contributed by atoms with E-state index in [9.17, 15) is 0 Å². The fourth-order valence-electron chi connectivity index (χ4n) is 1.48. The second kappa shape index (κ2) is 4.25. The zero-order valence-corrected chi connectivity index (χ0v) is 9.70. The predicted octanol–water partition coefficient (Wildman–Crippen LogP) is 4.23. The number of benzene rings is 1. The average Bonchev–Trinajstić information content (AvgIpc) is 2.58. The summed E-state index contributed by atoms with van der Waals surface area (Å²) in [6, 6.07) is 8.63. The molecule has 13 heavy (non-hydrogen) atoms. The third-order valence-corrected chi connectivity index (χ3v) is 3.71. The summed E-state index contributed by atoms with van der Waals surface area (Å²) in [5.74, 6) is 0. The number of thiophene rings is 1. The normalized spacial score (nSPS) is 10.8. The lowest BCUT2D eigenvalue weighted by atomic mass is 10.1. The van der Waals surface area contributed by atoms with Crippen molar-refractivity contribution in [1.82, 2.24) is 0 Å². The number of rotatable bonds is 3. The number of fused-ring (bicyclic) bond motifs is 1. The Kier molecular flexibility index (Phi) is 3.01. The summed E-state index contributed by atoms with van der Waals surface area (Å²) in [6.45, 7) is 0. The molecule has 2 heteroatoms. The molecule has 1 aromatic heterocycles. The lowest BCUT2D eigenvalue weighted by molar-refractivity contribution is 0.952. The van der Waals surface area contributed by atoms with E-state index in [-0.39, 0.29) is 0 Å². The molecule has 0 radical (unpaired) electrons. The van der Waals surface area contributed by atoms with Crippen LogP contribution < -0.4 is 0 Å². The highest BCUT2D eigenvalue weighted by molar-refractivity contribution is 9.09. The van der Waals surface area contributed by atoms with Crippen molar-refractivity contribution in [3.05, 3.63) is 35.2 Å². The van der Waals surface area contributed by atoms with Crippen LogP contribution >= 0.6 is 27.3 Å². The minimum absolute atomic E-state index is 1.09. The van der Waals surface area contributed by atoms with Gasteiger partial charge >= 0.3 is 0 Å². The van der Waals surface area contributed by atoms with E-state index in [2.05, 4.69) is 45.6 Å². The number of hydrogen-bond donors (Lipinski definition) is 0. The Morgan fingerprint density at radius 3 is 2.92 bits per heavy atom. The molecule has 68 valence electrons. The van der Waals surface area contributed by atoms with E-state index >= 15 is 0 Å². The molecule has 2 aromatic rings. The van der Waals surface area contributed by atoms with Crippen LogP contribution in [0.25, 0.3) is 10.1 Å². The monoisotopic (exact) mass is 254 g/mol. The fourth-order valence-corrected chi connectivity index (χ4v) is 2.76. The van der Waals surface area contributed by atoms with Gasteiger partial charge in [0.05, 0.1) is 0 Å². The van der Waals surface area contributed by atoms with Gasteiger partial charge in [-0.2, -0.15) is 0 Å². The quantitative estimate of drug-likeness (QED) is 0.720. The molecule has 0 bridgehead atoms. The van der Waals surface area contributed by atoms with Crippen LogP contribution in [-0.4, -0.2) is 5.33 Å². The highest BCUT2D eigenvalue weighted by Crippen LogP contribution is 2.26. The van der Waals surface area contributed by atoms with Gasteiger partial charge in [0.1, 0.15) is 0 Å². The van der Waals surface area contributed by atoms with E-state index in [0.717, 1.165) is 5.33 Å². The Hall–Kier alpha value is -0.340. The van der Waals surface area contributed by atoms with Gasteiger partial charge in [-0.25, -0.2) is 0 Å². The molecule has 0 N–H and O–H groups in total. The van der Waals surface area contributed by atoms with Crippen LogP contribution in [0.15, 0.2) is 29.6 Å². The zero-order valence-electron chi connectivity index (χ0n) is 7.29. The van der Waals surface area contributed by atoms with Crippen LogP contribution in [-0.2, 0) is 6.42 Å². The maximum Gasteiger partial charge on any atom is 0.0345 e. The van der Waals surface area contributed by atoms with Gasteiger partial charge in [0.15, 0.2) is 0 Å². The molecule has 0 unspecified atom stereocenters. The van der Waals surface area contributed by atoms with E-state index in [1.165, 1.54) is 28.5 Å². The summed E-state index contributed by atoms with van der Waals surface area (Å²) in [5.41, 5.74) is 1.50. The molecule has 1 aromatic carbocycles. The molecule has 0 spiro atoms. The lowest BCUT2D eigenvalue weighted by Crippen LogP contribution is -1.82. The van der Waals surface area contributed by atoms with Crippen molar-refractivity contribution in [1.29, 1.82) is 0 Å². The molecule has 0 saturated carbocycles. The second-order valence-electron chi connectivity index (χ2n) is 3.05. The summed E-state index contributed by atoms with van der Waals surface area (Å²) in [7, 11) is 0. The second-order valence-corrected chi connectivity index (χ2v) is 4.75. The van der Waals surface area contributed by atoms with Gasteiger partial charge in [-0.15, -0.1) is 11.3 Å². The zero-order chi connectivity index (χ0) is 9.10. The van der Waals surface area contributed by atoms with Crippen LogP contribution in [0.5, 0.6) is 0 Å². The van der Waals surface area contributed by atoms with Crippen molar-refractivity contribution in [3.63, 3.8) is 0 Å². The topological polar surface area (TPSA) is 0 Å². The maximum absolute atomic E-state index is 3.46. The van der Waals surface area contributed by atoms with Gasteiger partial charge in [0.2, 0.25) is 0 Å². The number of aryl methyl sites for hydroxylation is 1. The first-order valence-electron chi connectivity index (χ1n) is 4.43. The minimum Gasteiger partial charge on any atom is -0.144 e. The Labute approximate surface area is 90.7 Å². The van der Waals surface area contributed by atoms with Crippen LogP contribution in [0.2, 0.25) is 0 Å². The van der Waals surface area contributed by atoms with Gasteiger partial charge in [0, 0.05) is 10.0 Å². The van der Waals surface area contributed by atoms with Crippen molar-refractivity contribution in [2.45, 2.75) is 12.8 Å². The number of halogens is 1. The van der Waals surface area contributed by atoms with Crippen LogP contribution in [0.4, 0.5) is 0 Å². The van der Waals surface area contributed by atoms with Crippen molar-refractivity contribution < 1.29 is 0 Å². The summed E-state index contributed by atoms with van der Waals surface area (Å²) in [6.07, 6.45) is 2.41. The molecular weight excluding hydrogens is 244 g/mol. The Morgan fingerprint density at radius 1 is 1.23 bits per heavy atom. The van der Waals surface area contributed by atoms with Crippen molar-refractivity contribution in [2.24, 2.45) is 0 Å². The molecule has 0 amide bonds. The van der Waals surface area contributed by atoms with Crippen LogP contribution in [0, 0.1) is 0 Å². The average molecular weight is 255 g/mol. The van der Waals surface area contributed by atoms with E-state index in [4.69, 9.17) is 0 Å². The fraction of sp³-hybridized carbons (Fsp3) is 0.273. The number of hydrogen-bond acceptors (Lipinski definition) is 1. The third kappa shape index (κ3) is 1.94. The van der Waals surface area contributed by atoms with E-state index in [0.29, 0.717) is 0 Å². The molecule has 0 saturated heterocycles. The highest BCUT2D eigenvalue weighted by atomic mass is 79.9. The highest BCUT2D eigenvalue weighted by Gasteiger charge is 2.01. The molecule has 0 nitrogen and oxygen atoms in total. The summed E-state index contributed by atoms with van der Waals surface area (Å²) < 4.78 is 1.41. The summed E-state index contributed by atoms with van der Waals surface area (Å²) in [4.78, 5) is 0. The summed E-state index contributed by atoms with van der Waals surface area (Å²) >= 11 is 5.31. The first kappa shape index (κ1) is 9.22. The molecule has 2 rings (SSSR count). The maximum atomic E-state index is 3.46. The van der Waals surface area contributed by atoms with Gasteiger partial charge < -0.3 is 0 Å². The molecule has 0 aliphatic heterocycles. The van der Waals surface area contributed by atoms with Crippen molar-refractivity contribution >= 4 is 37.4 Å². The lowest BCUT2D eigenvalue weighted by Gasteiger charge is -1.95. The van der Waals surface area contributed by atoms with Crippen LogP contribution in [0.1, 0.15) is 12.0 Å². The first-order valence-corrected chi connectivity index (χ1v) is 6.43. The Bertz CT molecular complexity index is 392. The smallest absolute Gasteiger partial charge is 0.0345 e. The molecular formula is C11H11BrS. The van der Waals surface area contributed by atoms with E-state index in [1.54, 1.807) is 0 Å².